The molecule has 0 amide bonds. The molecule has 192 valence electrons. The fourth-order valence-electron chi connectivity index (χ4n) is 4.13. The minimum Gasteiger partial charge on any atom is -0.493 e. The SMILES string of the molecule is COc1cc(C2=NC(=Cc3cc4cccc(C)c4nc3Sc3ccc(C)cc3)C(=O)O2)cc(OC)c1OC. The number of fused-ring (bicyclic) bond motifs is 1. The molecule has 4 aromatic rings. The van der Waals surface area contributed by atoms with Gasteiger partial charge < -0.3 is 18.9 Å². The average Bonchev–Trinajstić information content (AvgIpc) is 3.29. The molecule has 0 unspecified atom stereocenters. The summed E-state index contributed by atoms with van der Waals surface area (Å²) in [5, 5.41) is 1.75. The largest absolute Gasteiger partial charge is 0.493 e. The first-order chi connectivity index (χ1) is 18.4. The predicted molar refractivity (Wildman–Crippen MR) is 148 cm³/mol. The van der Waals surface area contributed by atoms with Crippen molar-refractivity contribution in [3.05, 3.63) is 88.6 Å². The first-order valence-electron chi connectivity index (χ1n) is 11.9. The molecule has 0 bridgehead atoms. The van der Waals surface area contributed by atoms with Gasteiger partial charge in [-0.1, -0.05) is 47.7 Å². The van der Waals surface area contributed by atoms with E-state index in [4.69, 9.17) is 23.9 Å². The molecule has 0 radical (unpaired) electrons. The van der Waals surface area contributed by atoms with Crippen LogP contribution in [0.25, 0.3) is 17.0 Å². The Balaban J connectivity index is 1.59. The molecule has 0 aliphatic carbocycles. The van der Waals surface area contributed by atoms with Gasteiger partial charge in [0.2, 0.25) is 11.6 Å². The summed E-state index contributed by atoms with van der Waals surface area (Å²) in [7, 11) is 4.58. The van der Waals surface area contributed by atoms with E-state index in [2.05, 4.69) is 36.2 Å². The van der Waals surface area contributed by atoms with E-state index in [1.807, 2.05) is 31.2 Å². The van der Waals surface area contributed by atoms with Gasteiger partial charge in [-0.15, -0.1) is 0 Å². The van der Waals surface area contributed by atoms with Gasteiger partial charge in [-0.2, -0.15) is 0 Å². The lowest BCUT2D eigenvalue weighted by molar-refractivity contribution is -0.129. The Kier molecular flexibility index (Phi) is 7.07. The second-order valence-electron chi connectivity index (χ2n) is 8.69. The molecule has 3 aromatic carbocycles. The number of para-hydroxylation sites is 1. The fraction of sp³-hybridized carbons (Fsp3) is 0.167. The second kappa shape index (κ2) is 10.6. The number of aromatic nitrogens is 1. The van der Waals surface area contributed by atoms with E-state index in [-0.39, 0.29) is 11.6 Å². The molecule has 5 rings (SSSR count). The summed E-state index contributed by atoms with van der Waals surface area (Å²) in [6.45, 7) is 4.09. The van der Waals surface area contributed by atoms with Crippen LogP contribution in [-0.4, -0.2) is 38.2 Å². The number of carbonyl (C=O) groups excluding carboxylic acids is 1. The second-order valence-corrected chi connectivity index (χ2v) is 9.76. The van der Waals surface area contributed by atoms with E-state index in [0.717, 1.165) is 32.0 Å². The highest BCUT2D eigenvalue weighted by molar-refractivity contribution is 7.99. The van der Waals surface area contributed by atoms with Crippen molar-refractivity contribution in [3.8, 4) is 17.2 Å². The highest BCUT2D eigenvalue weighted by Crippen LogP contribution is 2.39. The molecule has 0 fully saturated rings. The van der Waals surface area contributed by atoms with Gasteiger partial charge in [-0.05, 0) is 55.8 Å². The topological polar surface area (TPSA) is 79.2 Å². The van der Waals surface area contributed by atoms with Crippen LogP contribution < -0.4 is 14.2 Å². The molecule has 0 saturated heterocycles. The summed E-state index contributed by atoms with van der Waals surface area (Å²) in [5.41, 5.74) is 4.65. The van der Waals surface area contributed by atoms with Crippen LogP contribution >= 0.6 is 11.8 Å². The maximum Gasteiger partial charge on any atom is 0.363 e. The summed E-state index contributed by atoms with van der Waals surface area (Å²) < 4.78 is 21.8. The number of pyridine rings is 1. The van der Waals surface area contributed by atoms with E-state index in [0.29, 0.717) is 22.8 Å². The molecule has 1 aromatic heterocycles. The van der Waals surface area contributed by atoms with E-state index in [9.17, 15) is 4.79 Å². The number of hydrogen-bond acceptors (Lipinski definition) is 8. The summed E-state index contributed by atoms with van der Waals surface area (Å²) >= 11 is 1.54. The van der Waals surface area contributed by atoms with Crippen LogP contribution in [0.3, 0.4) is 0 Å². The Morgan fingerprint density at radius 1 is 0.895 bits per heavy atom. The molecule has 0 saturated carbocycles. The highest BCUT2D eigenvalue weighted by atomic mass is 32.2. The van der Waals surface area contributed by atoms with Gasteiger partial charge >= 0.3 is 5.97 Å². The predicted octanol–water partition coefficient (Wildman–Crippen LogP) is 6.37. The number of carbonyl (C=O) groups is 1. The number of aliphatic imine (C=N–C) groups is 1. The van der Waals surface area contributed by atoms with Crippen LogP contribution in [0.5, 0.6) is 17.2 Å². The van der Waals surface area contributed by atoms with Crippen molar-refractivity contribution in [3.63, 3.8) is 0 Å². The van der Waals surface area contributed by atoms with Crippen molar-refractivity contribution in [2.75, 3.05) is 21.3 Å². The standard InChI is InChI=1S/C30H26N2O5S/c1-17-9-11-22(12-10-17)38-29-21(13-19-8-6-7-18(2)26(19)32-29)14-23-30(33)37-28(31-23)20-15-24(34-3)27(36-5)25(16-20)35-4/h6-16H,1-5H3. The fourth-order valence-corrected chi connectivity index (χ4v) is 5.00. The van der Waals surface area contributed by atoms with Crippen LogP contribution in [0.2, 0.25) is 0 Å². The lowest BCUT2D eigenvalue weighted by Gasteiger charge is -2.13. The highest BCUT2D eigenvalue weighted by Gasteiger charge is 2.27. The third-order valence-corrected chi connectivity index (χ3v) is 7.13. The van der Waals surface area contributed by atoms with Gasteiger partial charge in [0.1, 0.15) is 5.03 Å². The lowest BCUT2D eigenvalue weighted by Crippen LogP contribution is -2.07. The van der Waals surface area contributed by atoms with Crippen LogP contribution in [0.1, 0.15) is 22.3 Å². The summed E-state index contributed by atoms with van der Waals surface area (Å²) in [5.74, 6) is 0.907. The van der Waals surface area contributed by atoms with Gasteiger partial charge in [0.25, 0.3) is 0 Å². The third kappa shape index (κ3) is 4.95. The number of cyclic esters (lactones) is 1. The normalized spacial score (nSPS) is 14.0. The minimum absolute atomic E-state index is 0.151. The smallest absolute Gasteiger partial charge is 0.363 e. The van der Waals surface area contributed by atoms with Gasteiger partial charge in [0, 0.05) is 21.4 Å². The summed E-state index contributed by atoms with van der Waals surface area (Å²) in [6, 6.07) is 19.7. The van der Waals surface area contributed by atoms with Crippen molar-refractivity contribution in [2.45, 2.75) is 23.8 Å². The van der Waals surface area contributed by atoms with Gasteiger partial charge in [-0.3, -0.25) is 0 Å². The molecule has 2 heterocycles. The molecule has 1 aliphatic rings. The average molecular weight is 527 g/mol. The minimum atomic E-state index is -0.552. The monoisotopic (exact) mass is 526 g/mol. The van der Waals surface area contributed by atoms with E-state index >= 15 is 0 Å². The van der Waals surface area contributed by atoms with Crippen molar-refractivity contribution in [2.24, 2.45) is 4.99 Å². The molecule has 8 heteroatoms. The maximum atomic E-state index is 12.9. The first-order valence-corrected chi connectivity index (χ1v) is 12.7. The number of hydrogen-bond donors (Lipinski definition) is 0. The van der Waals surface area contributed by atoms with Crippen LogP contribution in [0.4, 0.5) is 0 Å². The zero-order valence-corrected chi connectivity index (χ0v) is 22.5. The number of esters is 1. The number of nitrogens with zero attached hydrogens (tertiary/aromatic N) is 2. The summed E-state index contributed by atoms with van der Waals surface area (Å²) in [6.07, 6.45) is 1.72. The molecular weight excluding hydrogens is 500 g/mol. The first kappa shape index (κ1) is 25.4. The molecule has 0 spiro atoms. The molecule has 0 N–H and O–H groups in total. The molecular formula is C30H26N2O5S. The van der Waals surface area contributed by atoms with Crippen LogP contribution in [0.15, 0.2) is 81.3 Å². The molecule has 38 heavy (non-hydrogen) atoms. The van der Waals surface area contributed by atoms with Crippen LogP contribution in [0, 0.1) is 13.8 Å². The maximum absolute atomic E-state index is 12.9. The Bertz CT molecular complexity index is 1580. The van der Waals surface area contributed by atoms with Gasteiger partial charge in [-0.25, -0.2) is 14.8 Å². The third-order valence-electron chi connectivity index (χ3n) is 6.10. The Hall–Kier alpha value is -4.30. The number of methoxy groups -OCH3 is 3. The number of aryl methyl sites for hydroxylation is 2. The number of ether oxygens (including phenoxy) is 4. The van der Waals surface area contributed by atoms with Crippen LogP contribution in [-0.2, 0) is 9.53 Å². The van der Waals surface area contributed by atoms with E-state index < -0.39 is 5.97 Å². The van der Waals surface area contributed by atoms with Crippen molar-refractivity contribution in [1.29, 1.82) is 0 Å². The van der Waals surface area contributed by atoms with Crippen molar-refractivity contribution in [1.82, 2.24) is 4.98 Å². The lowest BCUT2D eigenvalue weighted by atomic mass is 10.1. The van der Waals surface area contributed by atoms with E-state index in [1.54, 1.807) is 18.2 Å². The van der Waals surface area contributed by atoms with E-state index in [1.165, 1.54) is 38.7 Å². The van der Waals surface area contributed by atoms with Crippen molar-refractivity contribution < 1.29 is 23.7 Å². The van der Waals surface area contributed by atoms with Crippen molar-refractivity contribution >= 4 is 40.6 Å². The zero-order valence-electron chi connectivity index (χ0n) is 21.7. The summed E-state index contributed by atoms with van der Waals surface area (Å²) in [4.78, 5) is 23.4. The zero-order chi connectivity index (χ0) is 26.8. The van der Waals surface area contributed by atoms with Gasteiger partial charge in [0.15, 0.2) is 17.2 Å². The molecule has 7 nitrogen and oxygen atoms in total. The molecule has 0 atom stereocenters. The Labute approximate surface area is 225 Å². The Morgan fingerprint density at radius 3 is 2.26 bits per heavy atom. The van der Waals surface area contributed by atoms with Gasteiger partial charge in [0.05, 0.1) is 26.8 Å². The quantitative estimate of drug-likeness (QED) is 0.204. The number of benzene rings is 3. The molecule has 1 aliphatic heterocycles. The number of rotatable bonds is 7. The Morgan fingerprint density at radius 2 is 1.61 bits per heavy atom.